The summed E-state index contributed by atoms with van der Waals surface area (Å²) in [4.78, 5) is 38.8. The number of urea groups is 1. The summed E-state index contributed by atoms with van der Waals surface area (Å²) >= 11 is 0. The Kier molecular flexibility index (Phi) is 6.25. The topological polar surface area (TPSA) is 78.5 Å². The van der Waals surface area contributed by atoms with E-state index >= 15 is 0 Å². The number of amides is 4. The molecule has 1 aliphatic heterocycles. The first kappa shape index (κ1) is 21.6. The van der Waals surface area contributed by atoms with Gasteiger partial charge in [0, 0.05) is 6.54 Å². The van der Waals surface area contributed by atoms with E-state index in [2.05, 4.69) is 24.5 Å². The molecule has 3 rings (SSSR count). The summed E-state index contributed by atoms with van der Waals surface area (Å²) in [6, 6.07) is 15.1. The first-order valence-corrected chi connectivity index (χ1v) is 10.3. The maximum absolute atomic E-state index is 13.0. The highest BCUT2D eigenvalue weighted by Crippen LogP contribution is 2.29. The number of rotatable bonds is 7. The largest absolute Gasteiger partial charge is 0.354 e. The van der Waals surface area contributed by atoms with Crippen molar-refractivity contribution in [2.75, 3.05) is 13.1 Å². The Hall–Kier alpha value is -3.15. The number of hydrogen-bond donors (Lipinski definition) is 2. The van der Waals surface area contributed by atoms with Gasteiger partial charge in [-0.25, -0.2) is 4.79 Å². The van der Waals surface area contributed by atoms with Gasteiger partial charge in [0.05, 0.1) is 0 Å². The van der Waals surface area contributed by atoms with Gasteiger partial charge in [-0.1, -0.05) is 62.4 Å². The third-order valence-electron chi connectivity index (χ3n) is 5.71. The van der Waals surface area contributed by atoms with Gasteiger partial charge in [-0.3, -0.25) is 14.5 Å². The number of carbonyl (C=O) groups excluding carboxylic acids is 3. The van der Waals surface area contributed by atoms with Gasteiger partial charge in [0.1, 0.15) is 12.1 Å². The van der Waals surface area contributed by atoms with E-state index in [9.17, 15) is 14.4 Å². The van der Waals surface area contributed by atoms with Gasteiger partial charge in [-0.05, 0) is 48.4 Å². The molecule has 2 N–H and O–H groups in total. The summed E-state index contributed by atoms with van der Waals surface area (Å²) in [5.41, 5.74) is 3.01. The molecule has 2 aromatic carbocycles. The minimum Gasteiger partial charge on any atom is -0.354 e. The van der Waals surface area contributed by atoms with Gasteiger partial charge >= 0.3 is 6.03 Å². The van der Waals surface area contributed by atoms with Crippen LogP contribution in [0.3, 0.4) is 0 Å². The summed E-state index contributed by atoms with van der Waals surface area (Å²) in [6.07, 6.45) is 0.693. The van der Waals surface area contributed by atoms with Crippen molar-refractivity contribution in [1.29, 1.82) is 0 Å². The summed E-state index contributed by atoms with van der Waals surface area (Å²) in [7, 11) is 0. The van der Waals surface area contributed by atoms with Crippen molar-refractivity contribution in [3.63, 3.8) is 0 Å². The highest BCUT2D eigenvalue weighted by molar-refractivity contribution is 6.09. The van der Waals surface area contributed by atoms with Crippen LogP contribution in [0.15, 0.2) is 48.5 Å². The summed E-state index contributed by atoms with van der Waals surface area (Å²) < 4.78 is 0. The fourth-order valence-corrected chi connectivity index (χ4v) is 3.66. The molecule has 0 spiro atoms. The molecule has 1 heterocycles. The second-order valence-electron chi connectivity index (χ2n) is 8.25. The van der Waals surface area contributed by atoms with Crippen molar-refractivity contribution in [3.05, 3.63) is 70.8 Å². The fourth-order valence-electron chi connectivity index (χ4n) is 3.66. The first-order chi connectivity index (χ1) is 14.2. The van der Waals surface area contributed by atoms with Crippen LogP contribution in [-0.2, 0) is 21.5 Å². The molecule has 1 fully saturated rings. The van der Waals surface area contributed by atoms with E-state index in [0.717, 1.165) is 16.0 Å². The zero-order valence-electron chi connectivity index (χ0n) is 18.0. The quantitative estimate of drug-likeness (QED) is 0.692. The summed E-state index contributed by atoms with van der Waals surface area (Å²) in [6.45, 7) is 8.04. The van der Waals surface area contributed by atoms with E-state index in [1.807, 2.05) is 55.5 Å². The molecule has 30 heavy (non-hydrogen) atoms. The lowest BCUT2D eigenvalue weighted by Crippen LogP contribution is -2.43. The van der Waals surface area contributed by atoms with Crippen molar-refractivity contribution in [3.8, 4) is 0 Å². The number of aryl methyl sites for hydroxylation is 1. The van der Waals surface area contributed by atoms with E-state index in [-0.39, 0.29) is 12.5 Å². The van der Waals surface area contributed by atoms with E-state index in [1.54, 1.807) is 6.92 Å². The van der Waals surface area contributed by atoms with Crippen LogP contribution in [0.25, 0.3) is 0 Å². The number of nitrogens with zero attached hydrogens (tertiary/aromatic N) is 1. The highest BCUT2D eigenvalue weighted by atomic mass is 16.2. The van der Waals surface area contributed by atoms with Gasteiger partial charge < -0.3 is 10.6 Å². The Labute approximate surface area is 177 Å². The van der Waals surface area contributed by atoms with Crippen LogP contribution in [0.2, 0.25) is 0 Å². The molecule has 4 amide bonds. The molecular formula is C24H29N3O3. The van der Waals surface area contributed by atoms with Crippen LogP contribution < -0.4 is 10.6 Å². The Balaban J connectivity index is 1.61. The number of imide groups is 1. The molecule has 1 aliphatic rings. The molecule has 0 saturated carbocycles. The zero-order valence-corrected chi connectivity index (χ0v) is 18.0. The molecule has 0 bridgehead atoms. The lowest BCUT2D eigenvalue weighted by atomic mass is 9.90. The minimum atomic E-state index is -1.17. The maximum atomic E-state index is 13.0. The first-order valence-electron chi connectivity index (χ1n) is 10.3. The van der Waals surface area contributed by atoms with Crippen molar-refractivity contribution in [2.24, 2.45) is 0 Å². The summed E-state index contributed by atoms with van der Waals surface area (Å²) in [5.74, 6) is -0.397. The predicted molar refractivity (Wildman–Crippen MR) is 116 cm³/mol. The second-order valence-corrected chi connectivity index (χ2v) is 8.25. The van der Waals surface area contributed by atoms with Crippen molar-refractivity contribution < 1.29 is 14.4 Å². The minimum absolute atomic E-state index is 0.294. The number of benzene rings is 2. The van der Waals surface area contributed by atoms with Crippen LogP contribution >= 0.6 is 0 Å². The molecule has 0 aliphatic carbocycles. The molecule has 1 unspecified atom stereocenters. The molecule has 6 nitrogen and oxygen atoms in total. The molecule has 2 aromatic rings. The van der Waals surface area contributed by atoms with Crippen molar-refractivity contribution >= 4 is 17.8 Å². The van der Waals surface area contributed by atoms with Gasteiger partial charge in [0.25, 0.3) is 5.91 Å². The molecule has 1 atom stereocenters. The van der Waals surface area contributed by atoms with Gasteiger partial charge in [-0.2, -0.15) is 0 Å². The van der Waals surface area contributed by atoms with Gasteiger partial charge in [0.2, 0.25) is 5.91 Å². The third-order valence-corrected chi connectivity index (χ3v) is 5.71. The van der Waals surface area contributed by atoms with E-state index in [4.69, 9.17) is 0 Å². The number of hydrogen-bond acceptors (Lipinski definition) is 3. The van der Waals surface area contributed by atoms with Crippen LogP contribution in [0.5, 0.6) is 0 Å². The molecule has 158 valence electrons. The van der Waals surface area contributed by atoms with Gasteiger partial charge in [0.15, 0.2) is 0 Å². The average Bonchev–Trinajstić information content (AvgIpc) is 2.93. The third kappa shape index (κ3) is 4.37. The highest BCUT2D eigenvalue weighted by Gasteiger charge is 2.49. The van der Waals surface area contributed by atoms with Gasteiger partial charge in [-0.15, -0.1) is 0 Å². The normalized spacial score (nSPS) is 18.6. The Morgan fingerprint density at radius 2 is 1.77 bits per heavy atom. The van der Waals surface area contributed by atoms with Crippen LogP contribution in [0.4, 0.5) is 4.79 Å². The number of nitrogens with one attached hydrogen (secondary N) is 2. The predicted octanol–water partition coefficient (Wildman–Crippen LogP) is 3.24. The standard InChI is InChI=1S/C24H29N3O3/c1-16(2)18-9-11-20(12-10-18)24(4)22(29)27(23(30)26-24)15-21(28)25-14-13-19-8-6-5-7-17(19)3/h5-12,16H,13-15H2,1-4H3,(H,25,28)(H,26,30). The van der Waals surface area contributed by atoms with Crippen LogP contribution in [0.1, 0.15) is 48.9 Å². The molecule has 0 radical (unpaired) electrons. The second kappa shape index (κ2) is 8.69. The molecular weight excluding hydrogens is 378 g/mol. The molecule has 1 saturated heterocycles. The monoisotopic (exact) mass is 407 g/mol. The average molecular weight is 408 g/mol. The fraction of sp³-hybridized carbons (Fsp3) is 0.375. The summed E-state index contributed by atoms with van der Waals surface area (Å²) in [5, 5.41) is 5.55. The lowest BCUT2D eigenvalue weighted by Gasteiger charge is -2.22. The SMILES string of the molecule is Cc1ccccc1CCNC(=O)CN1C(=O)NC(C)(c2ccc(C(C)C)cc2)C1=O. The molecule has 6 heteroatoms. The smallest absolute Gasteiger partial charge is 0.325 e. The molecule has 0 aromatic heterocycles. The lowest BCUT2D eigenvalue weighted by molar-refractivity contribution is -0.134. The van der Waals surface area contributed by atoms with Crippen molar-refractivity contribution in [1.82, 2.24) is 15.5 Å². The number of carbonyl (C=O) groups is 3. The zero-order chi connectivity index (χ0) is 21.9. The van der Waals surface area contributed by atoms with E-state index in [1.165, 1.54) is 5.56 Å². The van der Waals surface area contributed by atoms with E-state index in [0.29, 0.717) is 24.4 Å². The Bertz CT molecular complexity index is 952. The van der Waals surface area contributed by atoms with Crippen molar-refractivity contribution in [2.45, 2.75) is 45.6 Å². The maximum Gasteiger partial charge on any atom is 0.325 e. The Morgan fingerprint density at radius 3 is 2.40 bits per heavy atom. The van der Waals surface area contributed by atoms with Crippen LogP contribution in [-0.4, -0.2) is 35.8 Å². The Morgan fingerprint density at radius 1 is 1.10 bits per heavy atom. The van der Waals surface area contributed by atoms with E-state index < -0.39 is 17.5 Å². The van der Waals surface area contributed by atoms with Crippen LogP contribution in [0, 0.1) is 6.92 Å².